The molecule has 0 fully saturated rings. The van der Waals surface area contributed by atoms with E-state index in [2.05, 4.69) is 144 Å². The molecular weight excluding hydrogens is 1080 g/mol. The summed E-state index contributed by atoms with van der Waals surface area (Å²) in [6.07, 6.45) is 0. The lowest BCUT2D eigenvalue weighted by Gasteiger charge is -2.24. The minimum absolute atomic E-state index is 0.0459. The molecule has 14 nitrogen and oxygen atoms in total. The number of non-ortho nitro benzene ring substituents is 4. The van der Waals surface area contributed by atoms with Crippen molar-refractivity contribution in [3.05, 3.63) is 253 Å². The molecule has 14 heteroatoms. The van der Waals surface area contributed by atoms with Gasteiger partial charge in [-0.15, -0.1) is 0 Å². The highest BCUT2D eigenvalue weighted by atomic mass is 16.6. The van der Waals surface area contributed by atoms with Crippen LogP contribution >= 0.6 is 0 Å². The number of hydrogen-bond acceptors (Lipinski definition) is 10. The maximum Gasteiger partial charge on any atom is 0.269 e. The van der Waals surface area contributed by atoms with Crippen LogP contribution in [0.5, 0.6) is 0 Å². The average molecular weight is 1140 g/mol. The molecule has 0 saturated carbocycles. The third-order valence-electron chi connectivity index (χ3n) is 20.2. The first kappa shape index (κ1) is 55.4. The molecule has 6 aliphatic rings. The second-order valence-electron chi connectivity index (χ2n) is 27.1. The molecule has 0 amide bonds. The predicted octanol–water partition coefficient (Wildman–Crippen LogP) is 17.7. The zero-order valence-corrected chi connectivity index (χ0v) is 50.1. The van der Waals surface area contributed by atoms with Crippen LogP contribution in [-0.4, -0.2) is 19.7 Å². The van der Waals surface area contributed by atoms with E-state index in [9.17, 15) is 40.5 Å². The minimum Gasteiger partial charge on any atom is -0.399 e. The molecular formula is C72H64N6O8. The molecule has 0 bridgehead atoms. The summed E-state index contributed by atoms with van der Waals surface area (Å²) in [4.78, 5) is 43.8. The summed E-state index contributed by atoms with van der Waals surface area (Å²) in [7, 11) is 0. The summed E-state index contributed by atoms with van der Waals surface area (Å²) >= 11 is 0. The summed E-state index contributed by atoms with van der Waals surface area (Å²) in [6, 6.07) is 46.5. The molecule has 0 atom stereocenters. The lowest BCUT2D eigenvalue weighted by atomic mass is 9.79. The van der Waals surface area contributed by atoms with Gasteiger partial charge in [0.25, 0.3) is 22.7 Å². The number of nitrogens with two attached hydrogens (primary N) is 2. The molecule has 9 aromatic rings. The second-order valence-corrected chi connectivity index (χ2v) is 27.1. The number of benzene rings is 9. The fraction of sp³-hybridized carbons (Fsp3) is 0.250. The first-order valence-electron chi connectivity index (χ1n) is 28.8. The van der Waals surface area contributed by atoms with E-state index in [1.807, 2.05) is 36.4 Å². The Hall–Kier alpha value is -9.82. The summed E-state index contributed by atoms with van der Waals surface area (Å²) in [6.45, 7) is 25.9. The monoisotopic (exact) mass is 1140 g/mol. The molecule has 0 spiro atoms. The first-order valence-corrected chi connectivity index (χ1v) is 28.8. The van der Waals surface area contributed by atoms with E-state index >= 15 is 0 Å². The number of fused-ring (bicyclic) bond motifs is 18. The average Bonchev–Trinajstić information content (AvgIpc) is 1.58. The molecule has 0 radical (unpaired) electrons. The molecule has 0 saturated heterocycles. The summed E-state index contributed by atoms with van der Waals surface area (Å²) < 4.78 is 0. The molecule has 9 aromatic carbocycles. The van der Waals surface area contributed by atoms with Gasteiger partial charge in [-0.05, 0) is 218 Å². The quantitative estimate of drug-likeness (QED) is 0.0963. The Balaban J connectivity index is 0.000000120. The number of rotatable bonds is 4. The molecule has 0 aromatic heterocycles. The van der Waals surface area contributed by atoms with Gasteiger partial charge in [0.2, 0.25) is 0 Å². The van der Waals surface area contributed by atoms with Crippen LogP contribution in [0.25, 0.3) is 66.8 Å². The Kier molecular flexibility index (Phi) is 11.5. The van der Waals surface area contributed by atoms with Crippen molar-refractivity contribution in [2.45, 2.75) is 116 Å². The van der Waals surface area contributed by atoms with Crippen molar-refractivity contribution in [1.29, 1.82) is 0 Å². The van der Waals surface area contributed by atoms with Gasteiger partial charge in [0.1, 0.15) is 0 Å². The van der Waals surface area contributed by atoms with Gasteiger partial charge in [-0.1, -0.05) is 95.2 Å². The van der Waals surface area contributed by atoms with Crippen molar-refractivity contribution < 1.29 is 19.7 Å². The SMILES string of the molecule is CC1(C)c2cc(N)ccc2-c2cc3c(cc21)-c1ccc(N)cc1C3(C)C.CC1(C)c2cc([N+](=O)[O-])ccc2-c2cc3c(cc21)-c1ccc([N+](=O)[O-])cc1C3(C)C.CC1(C)c2cc([N+](=O)[O-])ccc2-c2cc3c(cc21)-c1ccc([N+](=O)[O-])cc1C3(C)C. The minimum atomic E-state index is -0.376. The normalized spacial score (nSPS) is 16.7. The van der Waals surface area contributed by atoms with E-state index < -0.39 is 0 Å². The zero-order chi connectivity index (χ0) is 61.6. The van der Waals surface area contributed by atoms with Crippen LogP contribution in [-0.2, 0) is 32.5 Å². The molecule has 15 rings (SSSR count). The highest BCUT2D eigenvalue weighted by molar-refractivity contribution is 5.94. The second kappa shape index (κ2) is 17.9. The van der Waals surface area contributed by atoms with Crippen LogP contribution in [0, 0.1) is 40.5 Å². The standard InChI is InChI=1S/2C24H20N2O4.C24H24N2/c2*1-23(2)19-9-13(25(27)28)5-7-15(19)17-12-22-18(11-21(17)23)16-8-6-14(26(29)30)10-20(16)24(22,3)4;1-23(2)19-9-13(25)5-7-15(19)17-12-22-18(11-21(17)23)16-8-6-14(26)10-20(16)24(22,3)4/h2*5-12H,1-4H3;5-12H,25-26H2,1-4H3. The third kappa shape index (κ3) is 7.63. The number of nitrogen functional groups attached to an aromatic ring is 2. The van der Waals surface area contributed by atoms with Gasteiger partial charge in [0.05, 0.1) is 19.7 Å². The summed E-state index contributed by atoms with van der Waals surface area (Å²) in [5, 5.41) is 45.2. The van der Waals surface area contributed by atoms with Gasteiger partial charge in [0.15, 0.2) is 0 Å². The Morgan fingerprint density at radius 1 is 0.233 bits per heavy atom. The Morgan fingerprint density at radius 2 is 0.384 bits per heavy atom. The van der Waals surface area contributed by atoms with Crippen LogP contribution < -0.4 is 11.5 Å². The van der Waals surface area contributed by atoms with Crippen molar-refractivity contribution in [3.63, 3.8) is 0 Å². The number of nitrogens with zero attached hydrogens (tertiary/aromatic N) is 4. The fourth-order valence-electron chi connectivity index (χ4n) is 15.3. The Bertz CT molecular complexity index is 4150. The molecule has 6 aliphatic carbocycles. The van der Waals surface area contributed by atoms with Gasteiger partial charge in [-0.25, -0.2) is 0 Å². The van der Waals surface area contributed by atoms with Gasteiger partial charge in [-0.3, -0.25) is 40.5 Å². The van der Waals surface area contributed by atoms with Gasteiger partial charge >= 0.3 is 0 Å². The van der Waals surface area contributed by atoms with Crippen molar-refractivity contribution in [3.8, 4) is 66.8 Å². The molecule has 0 heterocycles. The van der Waals surface area contributed by atoms with E-state index in [-0.39, 0.29) is 74.9 Å². The maximum atomic E-state index is 11.3. The number of nitro benzene ring substituents is 4. The smallest absolute Gasteiger partial charge is 0.269 e. The predicted molar refractivity (Wildman–Crippen MR) is 340 cm³/mol. The molecule has 430 valence electrons. The van der Waals surface area contributed by atoms with E-state index in [0.717, 1.165) is 100 Å². The van der Waals surface area contributed by atoms with Crippen LogP contribution in [0.4, 0.5) is 34.1 Å². The number of anilines is 2. The topological polar surface area (TPSA) is 225 Å². The van der Waals surface area contributed by atoms with Crippen LogP contribution in [0.15, 0.2) is 146 Å². The van der Waals surface area contributed by atoms with Crippen molar-refractivity contribution in [1.82, 2.24) is 0 Å². The molecule has 86 heavy (non-hydrogen) atoms. The zero-order valence-electron chi connectivity index (χ0n) is 50.1. The number of hydrogen-bond donors (Lipinski definition) is 2. The Morgan fingerprint density at radius 3 is 0.558 bits per heavy atom. The van der Waals surface area contributed by atoms with Crippen molar-refractivity contribution >= 4 is 34.1 Å². The van der Waals surface area contributed by atoms with Crippen molar-refractivity contribution in [2.75, 3.05) is 11.5 Å². The highest BCUT2D eigenvalue weighted by Gasteiger charge is 2.46. The third-order valence-corrected chi connectivity index (χ3v) is 20.2. The van der Waals surface area contributed by atoms with E-state index in [4.69, 9.17) is 11.5 Å². The van der Waals surface area contributed by atoms with Gasteiger partial charge in [-0.2, -0.15) is 0 Å². The van der Waals surface area contributed by atoms with E-state index in [1.54, 1.807) is 48.5 Å². The van der Waals surface area contributed by atoms with Crippen LogP contribution in [0.1, 0.15) is 150 Å². The van der Waals surface area contributed by atoms with Crippen molar-refractivity contribution in [2.24, 2.45) is 0 Å². The molecule has 0 unspecified atom stereocenters. The van der Waals surface area contributed by atoms with Crippen LogP contribution in [0.3, 0.4) is 0 Å². The summed E-state index contributed by atoms with van der Waals surface area (Å²) in [5.41, 5.74) is 40.1. The number of nitro groups is 4. The highest BCUT2D eigenvalue weighted by Crippen LogP contribution is 2.60. The van der Waals surface area contributed by atoms with E-state index in [0.29, 0.717) is 0 Å². The van der Waals surface area contributed by atoms with Gasteiger partial charge < -0.3 is 11.5 Å². The lowest BCUT2D eigenvalue weighted by Crippen LogP contribution is -2.17. The summed E-state index contributed by atoms with van der Waals surface area (Å²) in [5.74, 6) is 0. The maximum absolute atomic E-state index is 11.3. The largest absolute Gasteiger partial charge is 0.399 e. The lowest BCUT2D eigenvalue weighted by molar-refractivity contribution is -0.385. The van der Waals surface area contributed by atoms with Gasteiger partial charge in [0, 0.05) is 92.4 Å². The van der Waals surface area contributed by atoms with E-state index in [1.165, 1.54) is 44.5 Å². The molecule has 4 N–H and O–H groups in total. The fourth-order valence-corrected chi connectivity index (χ4v) is 15.3. The molecule has 0 aliphatic heterocycles. The first-order chi connectivity index (χ1) is 40.3. The van der Waals surface area contributed by atoms with Crippen LogP contribution in [0.2, 0.25) is 0 Å². The Labute approximate surface area is 498 Å².